The van der Waals surface area contributed by atoms with Crippen LogP contribution in [0.2, 0.25) is 10.0 Å². The van der Waals surface area contributed by atoms with Gasteiger partial charge in [-0.2, -0.15) is 0 Å². The summed E-state index contributed by atoms with van der Waals surface area (Å²) in [5, 5.41) is 3.41. The van der Waals surface area contributed by atoms with Crippen molar-refractivity contribution in [1.82, 2.24) is 9.88 Å². The van der Waals surface area contributed by atoms with Gasteiger partial charge in [0.2, 0.25) is 5.91 Å². The standard InChI is InChI=1S/C15H13Cl2N3O2/c1-20(15(22)10-3-2-6-18-8-10)9-14(21)19-11-4-5-12(16)13(17)7-11/h2-8H,9H2,1H3,(H,19,21). The number of nitrogens with one attached hydrogen (secondary N) is 1. The van der Waals surface area contributed by atoms with Crippen LogP contribution >= 0.6 is 23.2 Å². The zero-order chi connectivity index (χ0) is 16.1. The summed E-state index contributed by atoms with van der Waals surface area (Å²) in [6.45, 7) is -0.0893. The van der Waals surface area contributed by atoms with Crippen LogP contribution in [0.15, 0.2) is 42.7 Å². The van der Waals surface area contributed by atoms with Gasteiger partial charge in [0.15, 0.2) is 0 Å². The van der Waals surface area contributed by atoms with Gasteiger partial charge >= 0.3 is 0 Å². The zero-order valence-electron chi connectivity index (χ0n) is 11.7. The van der Waals surface area contributed by atoms with Crippen molar-refractivity contribution in [1.29, 1.82) is 0 Å². The number of benzene rings is 1. The Labute approximate surface area is 137 Å². The molecule has 0 fully saturated rings. The SMILES string of the molecule is CN(CC(=O)Nc1ccc(Cl)c(Cl)c1)C(=O)c1cccnc1. The van der Waals surface area contributed by atoms with Gasteiger partial charge in [0, 0.05) is 25.1 Å². The highest BCUT2D eigenvalue weighted by molar-refractivity contribution is 6.42. The molecule has 2 rings (SSSR count). The minimum absolute atomic E-state index is 0.0893. The number of halogens is 2. The summed E-state index contributed by atoms with van der Waals surface area (Å²) in [5.74, 6) is -0.615. The number of carbonyl (C=O) groups excluding carboxylic acids is 2. The second-order valence-corrected chi connectivity index (χ2v) is 5.39. The van der Waals surface area contributed by atoms with Gasteiger partial charge in [-0.1, -0.05) is 23.2 Å². The molecule has 114 valence electrons. The average Bonchev–Trinajstić information content (AvgIpc) is 2.51. The van der Waals surface area contributed by atoms with Gasteiger partial charge in [-0.15, -0.1) is 0 Å². The van der Waals surface area contributed by atoms with E-state index in [0.29, 0.717) is 21.3 Å². The van der Waals surface area contributed by atoms with Crippen molar-refractivity contribution in [3.05, 3.63) is 58.3 Å². The molecule has 1 N–H and O–H groups in total. The van der Waals surface area contributed by atoms with E-state index < -0.39 is 0 Å². The predicted molar refractivity (Wildman–Crippen MR) is 86.3 cm³/mol. The molecule has 5 nitrogen and oxygen atoms in total. The minimum Gasteiger partial charge on any atom is -0.332 e. The molecule has 0 radical (unpaired) electrons. The first-order chi connectivity index (χ1) is 10.5. The summed E-state index contributed by atoms with van der Waals surface area (Å²) in [5.41, 5.74) is 0.939. The molecule has 0 saturated carbocycles. The largest absolute Gasteiger partial charge is 0.332 e. The van der Waals surface area contributed by atoms with Crippen molar-refractivity contribution in [3.63, 3.8) is 0 Å². The molecule has 1 aromatic carbocycles. The fraction of sp³-hybridized carbons (Fsp3) is 0.133. The molecule has 0 spiro atoms. The Hall–Kier alpha value is -2.11. The molecule has 2 aromatic rings. The summed E-state index contributed by atoms with van der Waals surface area (Å²) in [4.78, 5) is 29.2. The Morgan fingerprint density at radius 3 is 2.64 bits per heavy atom. The number of anilines is 1. The molecule has 0 aliphatic carbocycles. The highest BCUT2D eigenvalue weighted by Crippen LogP contribution is 2.24. The number of hydrogen-bond donors (Lipinski definition) is 1. The van der Waals surface area contributed by atoms with Gasteiger partial charge in [0.1, 0.15) is 0 Å². The topological polar surface area (TPSA) is 62.3 Å². The van der Waals surface area contributed by atoms with E-state index in [1.807, 2.05) is 0 Å². The number of nitrogens with zero attached hydrogens (tertiary/aromatic N) is 2. The molecular weight excluding hydrogens is 325 g/mol. The molecule has 22 heavy (non-hydrogen) atoms. The molecule has 0 saturated heterocycles. The Bertz CT molecular complexity index is 692. The summed E-state index contributed by atoms with van der Waals surface area (Å²) >= 11 is 11.7. The van der Waals surface area contributed by atoms with E-state index in [-0.39, 0.29) is 18.4 Å². The smallest absolute Gasteiger partial charge is 0.255 e. The average molecular weight is 338 g/mol. The lowest BCUT2D eigenvalue weighted by atomic mass is 10.2. The molecule has 1 heterocycles. The quantitative estimate of drug-likeness (QED) is 0.932. The summed E-state index contributed by atoms with van der Waals surface area (Å²) < 4.78 is 0. The fourth-order valence-electron chi connectivity index (χ4n) is 1.77. The molecule has 0 unspecified atom stereocenters. The lowest BCUT2D eigenvalue weighted by molar-refractivity contribution is -0.116. The van der Waals surface area contributed by atoms with E-state index in [1.165, 1.54) is 11.1 Å². The molecule has 0 bridgehead atoms. The maximum Gasteiger partial charge on any atom is 0.255 e. The van der Waals surface area contributed by atoms with Gasteiger partial charge in [-0.3, -0.25) is 14.6 Å². The molecule has 0 aliphatic rings. The van der Waals surface area contributed by atoms with Crippen molar-refractivity contribution in [2.24, 2.45) is 0 Å². The molecule has 2 amide bonds. The van der Waals surface area contributed by atoms with Crippen LogP contribution in [0, 0.1) is 0 Å². The highest BCUT2D eigenvalue weighted by atomic mass is 35.5. The first-order valence-corrected chi connectivity index (χ1v) is 7.13. The zero-order valence-corrected chi connectivity index (χ0v) is 13.2. The second kappa shape index (κ2) is 7.24. The number of carbonyl (C=O) groups is 2. The second-order valence-electron chi connectivity index (χ2n) is 4.58. The van der Waals surface area contributed by atoms with Crippen LogP contribution in [-0.2, 0) is 4.79 Å². The number of likely N-dealkylation sites (N-methyl/N-ethyl adjacent to an activating group) is 1. The van der Waals surface area contributed by atoms with Crippen LogP contribution in [0.3, 0.4) is 0 Å². The van der Waals surface area contributed by atoms with E-state index in [4.69, 9.17) is 23.2 Å². The van der Waals surface area contributed by atoms with Crippen molar-refractivity contribution < 1.29 is 9.59 Å². The van der Waals surface area contributed by atoms with E-state index in [0.717, 1.165) is 0 Å². The van der Waals surface area contributed by atoms with Gasteiger partial charge in [0.25, 0.3) is 5.91 Å². The minimum atomic E-state index is -0.335. The Balaban J connectivity index is 1.96. The van der Waals surface area contributed by atoms with Gasteiger partial charge in [0.05, 0.1) is 22.2 Å². The van der Waals surface area contributed by atoms with E-state index in [1.54, 1.807) is 43.6 Å². The summed E-state index contributed by atoms with van der Waals surface area (Å²) in [6.07, 6.45) is 3.03. The number of hydrogen-bond acceptors (Lipinski definition) is 3. The molecular formula is C15H13Cl2N3O2. The maximum atomic E-state index is 12.1. The lowest BCUT2D eigenvalue weighted by Gasteiger charge is -2.16. The monoisotopic (exact) mass is 337 g/mol. The van der Waals surface area contributed by atoms with Gasteiger partial charge in [-0.25, -0.2) is 0 Å². The maximum absolute atomic E-state index is 12.1. The lowest BCUT2D eigenvalue weighted by Crippen LogP contribution is -2.34. The van der Waals surface area contributed by atoms with Gasteiger partial charge in [-0.05, 0) is 30.3 Å². The first-order valence-electron chi connectivity index (χ1n) is 6.38. The predicted octanol–water partition coefficient (Wildman–Crippen LogP) is 3.10. The van der Waals surface area contributed by atoms with Crippen molar-refractivity contribution >= 4 is 40.7 Å². The van der Waals surface area contributed by atoms with Crippen LogP contribution < -0.4 is 5.32 Å². The third-order valence-electron chi connectivity index (χ3n) is 2.84. The summed E-state index contributed by atoms with van der Waals surface area (Å²) in [7, 11) is 1.55. The van der Waals surface area contributed by atoms with E-state index >= 15 is 0 Å². The number of pyridine rings is 1. The first kappa shape index (κ1) is 16.3. The highest BCUT2D eigenvalue weighted by Gasteiger charge is 2.15. The van der Waals surface area contributed by atoms with Crippen molar-refractivity contribution in [2.45, 2.75) is 0 Å². The molecule has 1 aromatic heterocycles. The van der Waals surface area contributed by atoms with Crippen LogP contribution in [0.4, 0.5) is 5.69 Å². The number of rotatable bonds is 4. The van der Waals surface area contributed by atoms with E-state index in [2.05, 4.69) is 10.3 Å². The molecule has 0 aliphatic heterocycles. The van der Waals surface area contributed by atoms with Gasteiger partial charge < -0.3 is 10.2 Å². The summed E-state index contributed by atoms with van der Waals surface area (Å²) in [6, 6.07) is 8.07. The molecule has 7 heteroatoms. The van der Waals surface area contributed by atoms with Crippen LogP contribution in [0.5, 0.6) is 0 Å². The van der Waals surface area contributed by atoms with Crippen LogP contribution in [0.1, 0.15) is 10.4 Å². The van der Waals surface area contributed by atoms with Crippen LogP contribution in [-0.4, -0.2) is 35.3 Å². The third-order valence-corrected chi connectivity index (χ3v) is 3.58. The Morgan fingerprint density at radius 2 is 2.00 bits per heavy atom. The van der Waals surface area contributed by atoms with Crippen molar-refractivity contribution in [3.8, 4) is 0 Å². The third kappa shape index (κ3) is 4.19. The Kier molecular flexibility index (Phi) is 5.35. The Morgan fingerprint density at radius 1 is 1.23 bits per heavy atom. The number of aromatic nitrogens is 1. The van der Waals surface area contributed by atoms with Crippen molar-refractivity contribution in [2.75, 3.05) is 18.9 Å². The normalized spacial score (nSPS) is 10.1. The van der Waals surface area contributed by atoms with E-state index in [9.17, 15) is 9.59 Å². The molecule has 0 atom stereocenters. The number of amides is 2. The fourth-order valence-corrected chi connectivity index (χ4v) is 2.07. The van der Waals surface area contributed by atoms with Crippen LogP contribution in [0.25, 0.3) is 0 Å².